The third kappa shape index (κ3) is 3.75. The van der Waals surface area contributed by atoms with Crippen LogP contribution in [0.2, 0.25) is 0 Å². The summed E-state index contributed by atoms with van der Waals surface area (Å²) < 4.78 is 7.56. The molecule has 3 aliphatic rings. The smallest absolute Gasteiger partial charge is 0.223 e. The lowest BCUT2D eigenvalue weighted by Gasteiger charge is -2.25. The van der Waals surface area contributed by atoms with E-state index in [-0.39, 0.29) is 11.8 Å². The summed E-state index contributed by atoms with van der Waals surface area (Å²) in [5, 5.41) is 3.40. The van der Waals surface area contributed by atoms with E-state index in [0.29, 0.717) is 12.0 Å². The Hall–Kier alpha value is -1.40. The van der Waals surface area contributed by atoms with Gasteiger partial charge in [-0.05, 0) is 44.4 Å². The van der Waals surface area contributed by atoms with Gasteiger partial charge in [0.1, 0.15) is 5.82 Å². The van der Waals surface area contributed by atoms with E-state index in [4.69, 9.17) is 4.74 Å². The predicted octanol–water partition coefficient (Wildman–Crippen LogP) is 1.48. The standard InChI is InChI=1S/C19H30N4O2/c1-13-20-9-16(22(13)2)10-23-11-17(14-3-4-14)18(12-23)21-19(24)15-5-7-25-8-6-15/h9,14-15,17-18H,3-8,10-12H2,1-2H3,(H,21,24). The molecule has 4 rings (SSSR count). The van der Waals surface area contributed by atoms with E-state index in [9.17, 15) is 4.79 Å². The number of hydrogen-bond acceptors (Lipinski definition) is 4. The Morgan fingerprint density at radius 2 is 2.04 bits per heavy atom. The van der Waals surface area contributed by atoms with Crippen LogP contribution in [0.3, 0.4) is 0 Å². The van der Waals surface area contributed by atoms with Crippen LogP contribution in [0.1, 0.15) is 37.2 Å². The van der Waals surface area contributed by atoms with E-state index in [0.717, 1.165) is 57.4 Å². The molecule has 3 heterocycles. The minimum absolute atomic E-state index is 0.141. The van der Waals surface area contributed by atoms with Gasteiger partial charge in [-0.25, -0.2) is 4.98 Å². The van der Waals surface area contributed by atoms with E-state index in [2.05, 4.69) is 26.8 Å². The normalized spacial score (nSPS) is 28.4. The summed E-state index contributed by atoms with van der Waals surface area (Å²) in [6.07, 6.45) is 6.37. The molecule has 2 unspecified atom stereocenters. The van der Waals surface area contributed by atoms with Crippen molar-refractivity contribution in [2.24, 2.45) is 24.8 Å². The monoisotopic (exact) mass is 346 g/mol. The highest BCUT2D eigenvalue weighted by molar-refractivity contribution is 5.79. The number of carbonyl (C=O) groups excluding carboxylic acids is 1. The highest BCUT2D eigenvalue weighted by Gasteiger charge is 2.43. The first kappa shape index (κ1) is 17.0. The fourth-order valence-corrected chi connectivity index (χ4v) is 4.38. The lowest BCUT2D eigenvalue weighted by Crippen LogP contribution is -2.45. The number of ether oxygens (including phenoxy) is 1. The number of imidazole rings is 1. The number of rotatable bonds is 5. The van der Waals surface area contributed by atoms with Gasteiger partial charge < -0.3 is 14.6 Å². The number of amides is 1. The van der Waals surface area contributed by atoms with Crippen molar-refractivity contribution >= 4 is 5.91 Å². The van der Waals surface area contributed by atoms with Crippen LogP contribution in [-0.4, -0.2) is 52.7 Å². The minimum Gasteiger partial charge on any atom is -0.381 e. The van der Waals surface area contributed by atoms with Crippen LogP contribution in [0, 0.1) is 24.7 Å². The van der Waals surface area contributed by atoms with Crippen LogP contribution in [0.4, 0.5) is 0 Å². The minimum atomic E-state index is 0.141. The lowest BCUT2D eigenvalue weighted by molar-refractivity contribution is -0.128. The summed E-state index contributed by atoms with van der Waals surface area (Å²) >= 11 is 0. The van der Waals surface area contributed by atoms with Gasteiger partial charge in [-0.1, -0.05) is 0 Å². The molecule has 1 aromatic heterocycles. The molecule has 6 heteroatoms. The van der Waals surface area contributed by atoms with Gasteiger partial charge in [-0.15, -0.1) is 0 Å². The molecule has 138 valence electrons. The summed E-state index contributed by atoms with van der Waals surface area (Å²) in [6, 6.07) is 0.303. The molecule has 1 saturated carbocycles. The van der Waals surface area contributed by atoms with Gasteiger partial charge in [0.2, 0.25) is 5.91 Å². The average molecular weight is 346 g/mol. The van der Waals surface area contributed by atoms with E-state index in [1.54, 1.807) is 0 Å². The van der Waals surface area contributed by atoms with Crippen molar-refractivity contribution < 1.29 is 9.53 Å². The van der Waals surface area contributed by atoms with Gasteiger partial charge >= 0.3 is 0 Å². The summed E-state index contributed by atoms with van der Waals surface area (Å²) in [6.45, 7) is 6.46. The van der Waals surface area contributed by atoms with Crippen LogP contribution in [0.5, 0.6) is 0 Å². The molecule has 0 aromatic carbocycles. The van der Waals surface area contributed by atoms with Gasteiger partial charge in [-0.2, -0.15) is 0 Å². The number of nitrogens with zero attached hydrogens (tertiary/aromatic N) is 3. The Bertz CT molecular complexity index is 619. The first-order valence-corrected chi connectivity index (χ1v) is 9.69. The molecule has 3 fully saturated rings. The Labute approximate surface area is 149 Å². The number of carbonyl (C=O) groups is 1. The quantitative estimate of drug-likeness (QED) is 0.877. The van der Waals surface area contributed by atoms with Crippen molar-refractivity contribution in [1.82, 2.24) is 19.8 Å². The zero-order valence-corrected chi connectivity index (χ0v) is 15.4. The van der Waals surface area contributed by atoms with Crippen molar-refractivity contribution in [2.45, 2.75) is 45.2 Å². The fraction of sp³-hybridized carbons (Fsp3) is 0.789. The zero-order valence-electron chi connectivity index (χ0n) is 15.4. The molecular formula is C19H30N4O2. The van der Waals surface area contributed by atoms with Gasteiger partial charge in [-0.3, -0.25) is 9.69 Å². The van der Waals surface area contributed by atoms with E-state index >= 15 is 0 Å². The van der Waals surface area contributed by atoms with Gasteiger partial charge in [0, 0.05) is 58.1 Å². The van der Waals surface area contributed by atoms with Crippen molar-refractivity contribution in [1.29, 1.82) is 0 Å². The first-order valence-electron chi connectivity index (χ1n) is 9.69. The second-order valence-electron chi connectivity index (χ2n) is 8.05. The highest BCUT2D eigenvalue weighted by Crippen LogP contribution is 2.41. The van der Waals surface area contributed by atoms with Crippen LogP contribution in [0.25, 0.3) is 0 Å². The molecule has 0 spiro atoms. The topological polar surface area (TPSA) is 59.4 Å². The second kappa shape index (κ2) is 7.08. The highest BCUT2D eigenvalue weighted by atomic mass is 16.5. The zero-order chi connectivity index (χ0) is 17.4. The van der Waals surface area contributed by atoms with Gasteiger partial charge in [0.25, 0.3) is 0 Å². The Balaban J connectivity index is 1.38. The lowest BCUT2D eigenvalue weighted by atomic mass is 9.95. The van der Waals surface area contributed by atoms with Crippen molar-refractivity contribution in [3.63, 3.8) is 0 Å². The molecular weight excluding hydrogens is 316 g/mol. The van der Waals surface area contributed by atoms with E-state index < -0.39 is 0 Å². The maximum Gasteiger partial charge on any atom is 0.223 e. The van der Waals surface area contributed by atoms with Gasteiger partial charge in [0.05, 0.1) is 5.69 Å². The molecule has 1 aromatic rings. The third-order valence-corrected chi connectivity index (χ3v) is 6.29. The molecule has 0 radical (unpaired) electrons. The molecule has 2 saturated heterocycles. The van der Waals surface area contributed by atoms with Crippen molar-refractivity contribution in [2.75, 3.05) is 26.3 Å². The van der Waals surface area contributed by atoms with Crippen molar-refractivity contribution in [3.8, 4) is 0 Å². The van der Waals surface area contributed by atoms with Crippen molar-refractivity contribution in [3.05, 3.63) is 17.7 Å². The van der Waals surface area contributed by atoms with Crippen LogP contribution in [-0.2, 0) is 23.1 Å². The number of aromatic nitrogens is 2. The number of hydrogen-bond donors (Lipinski definition) is 1. The number of aryl methyl sites for hydroxylation is 1. The fourth-order valence-electron chi connectivity index (χ4n) is 4.38. The van der Waals surface area contributed by atoms with Gasteiger partial charge in [0.15, 0.2) is 0 Å². The third-order valence-electron chi connectivity index (χ3n) is 6.29. The number of nitrogens with one attached hydrogen (secondary N) is 1. The maximum atomic E-state index is 12.7. The summed E-state index contributed by atoms with van der Waals surface area (Å²) in [5.41, 5.74) is 1.25. The summed E-state index contributed by atoms with van der Waals surface area (Å²) in [4.78, 5) is 19.6. The summed E-state index contributed by atoms with van der Waals surface area (Å²) in [5.74, 6) is 2.85. The molecule has 1 aliphatic carbocycles. The molecule has 0 bridgehead atoms. The molecule has 6 nitrogen and oxygen atoms in total. The molecule has 2 atom stereocenters. The Morgan fingerprint density at radius 3 is 2.68 bits per heavy atom. The second-order valence-corrected chi connectivity index (χ2v) is 8.05. The largest absolute Gasteiger partial charge is 0.381 e. The van der Waals surface area contributed by atoms with Crippen LogP contribution >= 0.6 is 0 Å². The van der Waals surface area contributed by atoms with E-state index in [1.807, 2.05) is 13.1 Å². The predicted molar refractivity (Wildman–Crippen MR) is 94.9 cm³/mol. The average Bonchev–Trinajstić information content (AvgIpc) is 3.33. The first-order chi connectivity index (χ1) is 12.1. The molecule has 25 heavy (non-hydrogen) atoms. The molecule has 2 aliphatic heterocycles. The SMILES string of the molecule is Cc1ncc(CN2CC(NC(=O)C3CCOCC3)C(C3CC3)C2)n1C. The summed E-state index contributed by atoms with van der Waals surface area (Å²) in [7, 11) is 2.08. The maximum absolute atomic E-state index is 12.7. The van der Waals surface area contributed by atoms with Crippen LogP contribution < -0.4 is 5.32 Å². The van der Waals surface area contributed by atoms with E-state index in [1.165, 1.54) is 18.5 Å². The molecule has 1 amide bonds. The molecule has 1 N–H and O–H groups in total. The Morgan fingerprint density at radius 1 is 1.28 bits per heavy atom. The number of likely N-dealkylation sites (tertiary alicyclic amines) is 1. The Kier molecular flexibility index (Phi) is 4.82. The van der Waals surface area contributed by atoms with Crippen LogP contribution in [0.15, 0.2) is 6.20 Å².